The highest BCUT2D eigenvalue weighted by Crippen LogP contribution is 2.35. The predicted octanol–water partition coefficient (Wildman–Crippen LogP) is 4.78. The van der Waals surface area contributed by atoms with Gasteiger partial charge in [0.25, 0.3) is 11.8 Å². The molecule has 0 atom stereocenters. The highest BCUT2D eigenvalue weighted by atomic mass is 35.5. The number of hydrogen-bond donors (Lipinski definition) is 1. The van der Waals surface area contributed by atoms with Gasteiger partial charge in [-0.3, -0.25) is 14.5 Å². The summed E-state index contributed by atoms with van der Waals surface area (Å²) in [4.78, 5) is 27.4. The van der Waals surface area contributed by atoms with Crippen LogP contribution in [0.2, 0.25) is 10.0 Å². The van der Waals surface area contributed by atoms with Gasteiger partial charge in [-0.1, -0.05) is 48.3 Å². The van der Waals surface area contributed by atoms with Crippen molar-refractivity contribution in [2.24, 2.45) is 0 Å². The van der Waals surface area contributed by atoms with E-state index in [2.05, 4.69) is 12.2 Å². The van der Waals surface area contributed by atoms with Crippen LogP contribution in [0.5, 0.6) is 0 Å². The molecular formula is C22H22Cl2N2O3. The first-order valence-corrected chi connectivity index (χ1v) is 10.1. The highest BCUT2D eigenvalue weighted by Gasteiger charge is 2.39. The number of nitrogens with zero attached hydrogens (tertiary/aromatic N) is 1. The summed E-state index contributed by atoms with van der Waals surface area (Å²) in [5.41, 5.74) is 2.83. The van der Waals surface area contributed by atoms with Crippen molar-refractivity contribution in [2.45, 2.75) is 19.8 Å². The van der Waals surface area contributed by atoms with Crippen LogP contribution in [0.3, 0.4) is 0 Å². The smallest absolute Gasteiger partial charge is 0.278 e. The second-order valence-electron chi connectivity index (χ2n) is 6.66. The molecule has 0 aromatic heterocycles. The fourth-order valence-electron chi connectivity index (χ4n) is 3.17. The number of amides is 2. The van der Waals surface area contributed by atoms with E-state index in [0.717, 1.165) is 12.1 Å². The molecule has 1 aliphatic heterocycles. The minimum Gasteiger partial charge on any atom is -0.385 e. The number of methoxy groups -OCH3 is 1. The minimum absolute atomic E-state index is 0.209. The van der Waals surface area contributed by atoms with E-state index < -0.39 is 0 Å². The van der Waals surface area contributed by atoms with Crippen molar-refractivity contribution in [3.05, 3.63) is 69.3 Å². The lowest BCUT2D eigenvalue weighted by Crippen LogP contribution is -2.33. The molecule has 0 aliphatic carbocycles. The third kappa shape index (κ3) is 4.64. The van der Waals surface area contributed by atoms with E-state index >= 15 is 0 Å². The maximum atomic E-state index is 13.1. The molecule has 0 unspecified atom stereocenters. The topological polar surface area (TPSA) is 58.6 Å². The normalized spacial score (nSPS) is 14.1. The van der Waals surface area contributed by atoms with Crippen molar-refractivity contribution in [1.82, 2.24) is 4.90 Å². The molecule has 2 amide bonds. The van der Waals surface area contributed by atoms with Gasteiger partial charge >= 0.3 is 0 Å². The molecule has 3 rings (SSSR count). The van der Waals surface area contributed by atoms with E-state index in [0.29, 0.717) is 28.6 Å². The van der Waals surface area contributed by atoms with Crippen LogP contribution in [0.25, 0.3) is 5.57 Å². The number of aryl methyl sites for hydroxylation is 1. The minimum atomic E-state index is -0.386. The van der Waals surface area contributed by atoms with Crippen molar-refractivity contribution in [2.75, 3.05) is 25.6 Å². The van der Waals surface area contributed by atoms with Crippen LogP contribution in [-0.4, -0.2) is 37.0 Å². The summed E-state index contributed by atoms with van der Waals surface area (Å²) >= 11 is 12.4. The number of rotatable bonds is 8. The Morgan fingerprint density at radius 3 is 2.38 bits per heavy atom. The Kier molecular flexibility index (Phi) is 6.96. The lowest BCUT2D eigenvalue weighted by atomic mass is 10.0. The number of halogens is 2. The molecule has 7 heteroatoms. The first-order valence-electron chi connectivity index (χ1n) is 9.37. The van der Waals surface area contributed by atoms with E-state index in [4.69, 9.17) is 27.9 Å². The Morgan fingerprint density at radius 1 is 1.03 bits per heavy atom. The van der Waals surface area contributed by atoms with E-state index in [1.807, 2.05) is 24.3 Å². The number of benzene rings is 2. The molecule has 0 bridgehead atoms. The average molecular weight is 433 g/mol. The molecule has 1 aliphatic rings. The lowest BCUT2D eigenvalue weighted by molar-refractivity contribution is -0.136. The molecule has 152 valence electrons. The number of nitrogens with one attached hydrogen (secondary N) is 1. The van der Waals surface area contributed by atoms with Gasteiger partial charge in [-0.25, -0.2) is 0 Å². The van der Waals surface area contributed by atoms with Crippen molar-refractivity contribution in [3.8, 4) is 0 Å². The van der Waals surface area contributed by atoms with Crippen LogP contribution < -0.4 is 5.32 Å². The second kappa shape index (κ2) is 9.44. The zero-order chi connectivity index (χ0) is 21.0. The maximum absolute atomic E-state index is 13.1. The van der Waals surface area contributed by atoms with Gasteiger partial charge in [0.2, 0.25) is 0 Å². The monoisotopic (exact) mass is 432 g/mol. The molecular weight excluding hydrogens is 411 g/mol. The maximum Gasteiger partial charge on any atom is 0.278 e. The second-order valence-corrected chi connectivity index (χ2v) is 7.50. The van der Waals surface area contributed by atoms with Crippen molar-refractivity contribution < 1.29 is 14.3 Å². The first kappa shape index (κ1) is 21.4. The van der Waals surface area contributed by atoms with Gasteiger partial charge in [0, 0.05) is 36.5 Å². The Morgan fingerprint density at radius 2 is 1.76 bits per heavy atom. The van der Waals surface area contributed by atoms with Gasteiger partial charge in [0.1, 0.15) is 5.70 Å². The summed E-state index contributed by atoms with van der Waals surface area (Å²) in [6, 6.07) is 12.6. The van der Waals surface area contributed by atoms with Crippen molar-refractivity contribution >= 4 is 46.3 Å². The summed E-state index contributed by atoms with van der Waals surface area (Å²) in [5, 5.41) is 3.90. The Balaban J connectivity index is 2.01. The number of anilines is 1. The Labute approximate surface area is 180 Å². The zero-order valence-corrected chi connectivity index (χ0v) is 17.8. The van der Waals surface area contributed by atoms with Crippen molar-refractivity contribution in [3.63, 3.8) is 0 Å². The Hall–Kier alpha value is -2.34. The number of hydrogen-bond acceptors (Lipinski definition) is 4. The number of carbonyl (C=O) groups is 2. The molecule has 0 saturated carbocycles. The van der Waals surface area contributed by atoms with E-state index in [9.17, 15) is 9.59 Å². The molecule has 1 N–H and O–H groups in total. The molecule has 0 spiro atoms. The van der Waals surface area contributed by atoms with Crippen LogP contribution in [0.4, 0.5) is 5.69 Å². The number of carbonyl (C=O) groups excluding carboxylic acids is 2. The van der Waals surface area contributed by atoms with E-state index in [-0.39, 0.29) is 29.6 Å². The van der Waals surface area contributed by atoms with Gasteiger partial charge in [-0.05, 0) is 42.7 Å². The number of imide groups is 1. The zero-order valence-electron chi connectivity index (χ0n) is 16.3. The summed E-state index contributed by atoms with van der Waals surface area (Å²) in [6.07, 6.45) is 1.47. The van der Waals surface area contributed by atoms with Crippen LogP contribution in [0.15, 0.2) is 48.2 Å². The highest BCUT2D eigenvalue weighted by molar-refractivity contribution is 6.41. The first-order chi connectivity index (χ1) is 14.0. The third-order valence-corrected chi connectivity index (χ3v) is 5.28. The summed E-state index contributed by atoms with van der Waals surface area (Å²) in [6.45, 7) is 2.79. The summed E-state index contributed by atoms with van der Waals surface area (Å²) in [7, 11) is 1.58. The van der Waals surface area contributed by atoms with Crippen LogP contribution in [0.1, 0.15) is 24.5 Å². The molecule has 1 heterocycles. The molecule has 0 fully saturated rings. The molecule has 29 heavy (non-hydrogen) atoms. The lowest BCUT2D eigenvalue weighted by Gasteiger charge is -2.15. The van der Waals surface area contributed by atoms with Crippen LogP contribution >= 0.6 is 23.2 Å². The Bertz CT molecular complexity index is 955. The SMILES string of the molecule is CCc1ccc(NC2=C(c3ccc(Cl)cc3Cl)C(=O)N(CCCOC)C2=O)cc1. The fraction of sp³-hybridized carbons (Fsp3) is 0.273. The van der Waals surface area contributed by atoms with Crippen LogP contribution in [0, 0.1) is 0 Å². The predicted molar refractivity (Wildman–Crippen MR) is 116 cm³/mol. The molecule has 5 nitrogen and oxygen atoms in total. The summed E-state index contributed by atoms with van der Waals surface area (Å²) < 4.78 is 5.05. The number of ether oxygens (including phenoxy) is 1. The van der Waals surface area contributed by atoms with Gasteiger partial charge in [0.05, 0.1) is 10.6 Å². The standard InChI is InChI=1S/C22H22Cl2N2O3/c1-3-14-5-8-16(9-6-14)25-20-19(17-10-7-15(23)13-18(17)24)21(27)26(22(20)28)11-4-12-29-2/h5-10,13,25H,3-4,11-12H2,1-2H3. The average Bonchev–Trinajstić information content (AvgIpc) is 2.93. The molecule has 0 radical (unpaired) electrons. The van der Waals surface area contributed by atoms with Gasteiger partial charge in [-0.2, -0.15) is 0 Å². The fourth-order valence-corrected chi connectivity index (χ4v) is 3.68. The molecule has 0 saturated heterocycles. The van der Waals surface area contributed by atoms with Gasteiger partial charge in [0.15, 0.2) is 0 Å². The van der Waals surface area contributed by atoms with Crippen LogP contribution in [-0.2, 0) is 20.7 Å². The third-order valence-electron chi connectivity index (χ3n) is 4.73. The molecule has 2 aromatic carbocycles. The molecule has 2 aromatic rings. The largest absolute Gasteiger partial charge is 0.385 e. The van der Waals surface area contributed by atoms with Crippen molar-refractivity contribution in [1.29, 1.82) is 0 Å². The van der Waals surface area contributed by atoms with Gasteiger partial charge < -0.3 is 10.1 Å². The van der Waals surface area contributed by atoms with Gasteiger partial charge in [-0.15, -0.1) is 0 Å². The van der Waals surface area contributed by atoms with E-state index in [1.165, 1.54) is 10.5 Å². The quantitative estimate of drug-likeness (QED) is 0.481. The summed E-state index contributed by atoms with van der Waals surface area (Å²) in [5.74, 6) is -0.769. The van der Waals surface area contributed by atoms with E-state index in [1.54, 1.807) is 25.3 Å².